The number of carbonyl (C=O) groups excluding carboxylic acids is 1. The maximum Gasteiger partial charge on any atom is 0.205 e. The number of benzene rings is 1. The van der Waals surface area contributed by atoms with Gasteiger partial charge < -0.3 is 4.74 Å². The zero-order valence-electron chi connectivity index (χ0n) is 8.87. The summed E-state index contributed by atoms with van der Waals surface area (Å²) in [5, 5.41) is 0. The quantitative estimate of drug-likeness (QED) is 0.803. The number of thiophene rings is 1. The Morgan fingerprint density at radius 3 is 2.65 bits per heavy atom. The standard InChI is InChI=1S/C12H8BrFO2S/c1-16-7-2-3-8(9(14)6-7)12(15)10-4-5-11(13)17-10/h2-6H,1H3. The first-order valence-electron chi connectivity index (χ1n) is 4.75. The van der Waals surface area contributed by atoms with E-state index in [0.717, 1.165) is 3.79 Å². The summed E-state index contributed by atoms with van der Waals surface area (Å²) >= 11 is 4.55. The van der Waals surface area contributed by atoms with Crippen LogP contribution in [0.3, 0.4) is 0 Å². The fourth-order valence-electron chi connectivity index (χ4n) is 1.38. The number of carbonyl (C=O) groups is 1. The molecule has 88 valence electrons. The molecule has 0 saturated heterocycles. The molecular weight excluding hydrogens is 307 g/mol. The summed E-state index contributed by atoms with van der Waals surface area (Å²) in [6.45, 7) is 0. The van der Waals surface area contributed by atoms with E-state index in [1.54, 1.807) is 18.2 Å². The first-order valence-corrected chi connectivity index (χ1v) is 6.36. The lowest BCUT2D eigenvalue weighted by Crippen LogP contribution is -2.02. The van der Waals surface area contributed by atoms with Gasteiger partial charge in [-0.3, -0.25) is 4.79 Å². The predicted molar refractivity (Wildman–Crippen MR) is 68.4 cm³/mol. The smallest absolute Gasteiger partial charge is 0.205 e. The van der Waals surface area contributed by atoms with E-state index >= 15 is 0 Å². The number of hydrogen-bond donors (Lipinski definition) is 0. The third-order valence-electron chi connectivity index (χ3n) is 2.22. The average Bonchev–Trinajstić information content (AvgIpc) is 2.75. The number of ketones is 1. The van der Waals surface area contributed by atoms with Gasteiger partial charge >= 0.3 is 0 Å². The Morgan fingerprint density at radius 1 is 1.35 bits per heavy atom. The average molecular weight is 315 g/mol. The molecule has 0 aliphatic rings. The second-order valence-corrected chi connectivity index (χ2v) is 5.74. The van der Waals surface area contributed by atoms with Crippen LogP contribution in [0, 0.1) is 5.82 Å². The van der Waals surface area contributed by atoms with Crippen LogP contribution >= 0.6 is 27.3 Å². The van der Waals surface area contributed by atoms with Crippen molar-refractivity contribution in [2.75, 3.05) is 7.11 Å². The van der Waals surface area contributed by atoms with E-state index in [4.69, 9.17) is 4.74 Å². The third-order valence-corrected chi connectivity index (χ3v) is 3.84. The minimum Gasteiger partial charge on any atom is -0.497 e. The molecule has 0 N–H and O–H groups in total. The number of halogens is 2. The number of ether oxygens (including phenoxy) is 1. The Labute approximate surface area is 110 Å². The lowest BCUT2D eigenvalue weighted by atomic mass is 10.1. The number of methoxy groups -OCH3 is 1. The Kier molecular flexibility index (Phi) is 3.59. The molecule has 1 heterocycles. The van der Waals surface area contributed by atoms with E-state index in [2.05, 4.69) is 15.9 Å². The second-order valence-electron chi connectivity index (χ2n) is 3.28. The van der Waals surface area contributed by atoms with E-state index in [1.165, 1.54) is 30.6 Å². The van der Waals surface area contributed by atoms with Gasteiger partial charge in [0.2, 0.25) is 5.78 Å². The fraction of sp³-hybridized carbons (Fsp3) is 0.0833. The molecule has 0 amide bonds. The highest BCUT2D eigenvalue weighted by atomic mass is 79.9. The lowest BCUT2D eigenvalue weighted by Gasteiger charge is -2.03. The van der Waals surface area contributed by atoms with Crippen molar-refractivity contribution in [1.29, 1.82) is 0 Å². The Bertz CT molecular complexity index is 565. The van der Waals surface area contributed by atoms with E-state index in [-0.39, 0.29) is 11.3 Å². The number of rotatable bonds is 3. The largest absolute Gasteiger partial charge is 0.497 e. The fourth-order valence-corrected chi connectivity index (χ4v) is 2.72. The van der Waals surface area contributed by atoms with Gasteiger partial charge in [0.15, 0.2) is 0 Å². The van der Waals surface area contributed by atoms with Crippen LogP contribution in [0.4, 0.5) is 4.39 Å². The molecule has 1 aromatic heterocycles. The van der Waals surface area contributed by atoms with Crippen molar-refractivity contribution in [2.45, 2.75) is 0 Å². The van der Waals surface area contributed by atoms with Gasteiger partial charge in [-0.1, -0.05) is 0 Å². The highest BCUT2D eigenvalue weighted by Gasteiger charge is 2.16. The van der Waals surface area contributed by atoms with Crippen molar-refractivity contribution >= 4 is 33.0 Å². The van der Waals surface area contributed by atoms with Gasteiger partial charge in [-0.2, -0.15) is 0 Å². The molecule has 1 aromatic carbocycles. The molecule has 0 unspecified atom stereocenters. The van der Waals surface area contributed by atoms with Gasteiger partial charge in [0, 0.05) is 6.07 Å². The molecule has 0 atom stereocenters. The van der Waals surface area contributed by atoms with E-state index < -0.39 is 5.82 Å². The summed E-state index contributed by atoms with van der Waals surface area (Å²) in [6.07, 6.45) is 0. The van der Waals surface area contributed by atoms with Crippen LogP contribution in [0.15, 0.2) is 34.1 Å². The Balaban J connectivity index is 2.37. The Hall–Kier alpha value is -1.20. The van der Waals surface area contributed by atoms with Crippen LogP contribution in [-0.4, -0.2) is 12.9 Å². The van der Waals surface area contributed by atoms with Crippen molar-refractivity contribution < 1.29 is 13.9 Å². The highest BCUT2D eigenvalue weighted by molar-refractivity contribution is 9.11. The minimum atomic E-state index is -0.570. The Morgan fingerprint density at radius 2 is 2.12 bits per heavy atom. The van der Waals surface area contributed by atoms with Crippen molar-refractivity contribution in [3.8, 4) is 5.75 Å². The topological polar surface area (TPSA) is 26.3 Å². The summed E-state index contributed by atoms with van der Waals surface area (Å²) in [7, 11) is 1.45. The maximum atomic E-state index is 13.7. The first kappa shape index (κ1) is 12.3. The summed E-state index contributed by atoms with van der Waals surface area (Å²) in [5.74, 6) is -0.494. The van der Waals surface area contributed by atoms with Crippen molar-refractivity contribution in [3.05, 3.63) is 50.4 Å². The molecule has 0 fully saturated rings. The normalized spacial score (nSPS) is 10.3. The summed E-state index contributed by atoms with van der Waals surface area (Å²) in [6, 6.07) is 7.64. The molecule has 0 aliphatic heterocycles. The third kappa shape index (κ3) is 2.56. The summed E-state index contributed by atoms with van der Waals surface area (Å²) in [5.41, 5.74) is 0.0557. The summed E-state index contributed by atoms with van der Waals surface area (Å²) in [4.78, 5) is 12.5. The van der Waals surface area contributed by atoms with Crippen molar-refractivity contribution in [1.82, 2.24) is 0 Å². The van der Waals surface area contributed by atoms with Crippen molar-refractivity contribution in [2.24, 2.45) is 0 Å². The van der Waals surface area contributed by atoms with Gasteiger partial charge in [-0.15, -0.1) is 11.3 Å². The molecule has 0 bridgehead atoms. The first-order chi connectivity index (χ1) is 8.11. The molecular formula is C12H8BrFO2S. The van der Waals surface area contributed by atoms with Crippen LogP contribution in [0.1, 0.15) is 15.2 Å². The highest BCUT2D eigenvalue weighted by Crippen LogP contribution is 2.26. The molecule has 2 aromatic rings. The summed E-state index contributed by atoms with van der Waals surface area (Å²) < 4.78 is 19.4. The SMILES string of the molecule is COc1ccc(C(=O)c2ccc(Br)s2)c(F)c1. The lowest BCUT2D eigenvalue weighted by molar-refractivity contribution is 0.103. The number of hydrogen-bond acceptors (Lipinski definition) is 3. The van der Waals surface area contributed by atoms with Crippen LogP contribution < -0.4 is 4.74 Å². The molecule has 5 heteroatoms. The maximum absolute atomic E-state index is 13.7. The van der Waals surface area contributed by atoms with Gasteiger partial charge in [-0.25, -0.2) is 4.39 Å². The van der Waals surface area contributed by atoms with Gasteiger partial charge in [0.25, 0.3) is 0 Å². The van der Waals surface area contributed by atoms with E-state index in [0.29, 0.717) is 10.6 Å². The van der Waals surface area contributed by atoms with Crippen LogP contribution in [0.25, 0.3) is 0 Å². The van der Waals surface area contributed by atoms with Gasteiger partial charge in [0.1, 0.15) is 11.6 Å². The van der Waals surface area contributed by atoms with Crippen LogP contribution in [0.5, 0.6) is 5.75 Å². The van der Waals surface area contributed by atoms with Crippen LogP contribution in [0.2, 0.25) is 0 Å². The molecule has 0 spiro atoms. The van der Waals surface area contributed by atoms with Crippen molar-refractivity contribution in [3.63, 3.8) is 0 Å². The van der Waals surface area contributed by atoms with E-state index in [1.807, 2.05) is 0 Å². The molecule has 17 heavy (non-hydrogen) atoms. The minimum absolute atomic E-state index is 0.0557. The zero-order valence-corrected chi connectivity index (χ0v) is 11.3. The molecule has 2 rings (SSSR count). The predicted octanol–water partition coefficient (Wildman–Crippen LogP) is 3.89. The molecule has 0 aliphatic carbocycles. The molecule has 2 nitrogen and oxygen atoms in total. The van der Waals surface area contributed by atoms with Gasteiger partial charge in [-0.05, 0) is 40.2 Å². The molecule has 0 radical (unpaired) electrons. The molecule has 0 saturated carbocycles. The van der Waals surface area contributed by atoms with Gasteiger partial charge in [0.05, 0.1) is 21.3 Å². The second kappa shape index (κ2) is 4.98. The zero-order chi connectivity index (χ0) is 12.4. The van der Waals surface area contributed by atoms with Crippen LogP contribution in [-0.2, 0) is 0 Å². The van der Waals surface area contributed by atoms with E-state index in [9.17, 15) is 9.18 Å². The monoisotopic (exact) mass is 314 g/mol.